The summed E-state index contributed by atoms with van der Waals surface area (Å²) in [4.78, 5) is 17.1. The van der Waals surface area contributed by atoms with Gasteiger partial charge in [-0.1, -0.05) is 6.92 Å². The van der Waals surface area contributed by atoms with E-state index in [4.69, 9.17) is 0 Å². The zero-order valence-electron chi connectivity index (χ0n) is 15.6. The third-order valence-corrected chi connectivity index (χ3v) is 4.85. The average Bonchev–Trinajstić information content (AvgIpc) is 3.10. The summed E-state index contributed by atoms with van der Waals surface area (Å²) in [5, 5.41) is 15.3. The van der Waals surface area contributed by atoms with Crippen molar-refractivity contribution >= 4 is 11.6 Å². The van der Waals surface area contributed by atoms with Gasteiger partial charge < -0.3 is 10.6 Å². The highest BCUT2D eigenvalue weighted by atomic mass is 16.2. The lowest BCUT2D eigenvalue weighted by Gasteiger charge is -2.26. The van der Waals surface area contributed by atoms with Gasteiger partial charge in [0.05, 0.1) is 29.7 Å². The standard InChI is InChI=1S/C17H27N7O/c1-6-14-19-15-8-7-13(9-24(15)22-14)18-11(3)17(25)20-16-10(2)21-23(5)12(16)4/h11,13,18H,6-9H2,1-5H3,(H,20,25)/t11-,13+/m0/s1. The van der Waals surface area contributed by atoms with E-state index in [1.165, 1.54) is 0 Å². The summed E-state index contributed by atoms with van der Waals surface area (Å²) in [5.41, 5.74) is 2.59. The highest BCUT2D eigenvalue weighted by Gasteiger charge is 2.25. The predicted molar refractivity (Wildman–Crippen MR) is 95.4 cm³/mol. The van der Waals surface area contributed by atoms with Crippen LogP contribution >= 0.6 is 0 Å². The number of anilines is 1. The van der Waals surface area contributed by atoms with Gasteiger partial charge >= 0.3 is 0 Å². The van der Waals surface area contributed by atoms with E-state index in [2.05, 4.69) is 32.7 Å². The molecule has 0 spiro atoms. The second-order valence-electron chi connectivity index (χ2n) is 6.76. The molecule has 2 aromatic heterocycles. The number of rotatable bonds is 5. The second-order valence-corrected chi connectivity index (χ2v) is 6.76. The molecule has 1 amide bonds. The topological polar surface area (TPSA) is 89.7 Å². The molecule has 2 atom stereocenters. The van der Waals surface area contributed by atoms with Crippen LogP contribution in [-0.2, 0) is 31.2 Å². The third kappa shape index (κ3) is 3.58. The Morgan fingerprint density at radius 1 is 1.36 bits per heavy atom. The highest BCUT2D eigenvalue weighted by Crippen LogP contribution is 2.19. The molecule has 1 aliphatic heterocycles. The zero-order valence-corrected chi connectivity index (χ0v) is 15.6. The minimum atomic E-state index is -0.292. The summed E-state index contributed by atoms with van der Waals surface area (Å²) >= 11 is 0. The van der Waals surface area contributed by atoms with Crippen molar-refractivity contribution in [1.29, 1.82) is 0 Å². The molecule has 0 radical (unpaired) electrons. The molecule has 0 unspecified atom stereocenters. The normalized spacial score (nSPS) is 18.0. The van der Waals surface area contributed by atoms with Crippen LogP contribution in [-0.4, -0.2) is 42.5 Å². The first-order valence-corrected chi connectivity index (χ1v) is 8.88. The average molecular weight is 345 g/mol. The van der Waals surface area contributed by atoms with Crippen molar-refractivity contribution < 1.29 is 4.79 Å². The molecule has 0 saturated heterocycles. The number of hydrogen-bond donors (Lipinski definition) is 2. The number of carbonyl (C=O) groups excluding carboxylic acids is 1. The molecule has 2 N–H and O–H groups in total. The maximum Gasteiger partial charge on any atom is 0.241 e. The van der Waals surface area contributed by atoms with E-state index in [-0.39, 0.29) is 18.0 Å². The molecule has 2 aromatic rings. The molecule has 3 heterocycles. The van der Waals surface area contributed by atoms with Crippen LogP contribution in [0.15, 0.2) is 0 Å². The lowest BCUT2D eigenvalue weighted by atomic mass is 10.1. The molecule has 0 aliphatic carbocycles. The van der Waals surface area contributed by atoms with E-state index >= 15 is 0 Å². The van der Waals surface area contributed by atoms with Crippen LogP contribution in [0, 0.1) is 13.8 Å². The van der Waals surface area contributed by atoms with E-state index in [0.29, 0.717) is 0 Å². The molecule has 0 bridgehead atoms. The third-order valence-electron chi connectivity index (χ3n) is 4.85. The number of fused-ring (bicyclic) bond motifs is 1. The number of aryl methyl sites for hydroxylation is 4. The van der Waals surface area contributed by atoms with Crippen molar-refractivity contribution in [2.75, 3.05) is 5.32 Å². The smallest absolute Gasteiger partial charge is 0.241 e. The Balaban J connectivity index is 1.60. The monoisotopic (exact) mass is 345 g/mol. The van der Waals surface area contributed by atoms with Crippen LogP contribution < -0.4 is 10.6 Å². The first kappa shape index (κ1) is 17.6. The summed E-state index contributed by atoms with van der Waals surface area (Å²) in [7, 11) is 1.88. The molecule has 0 fully saturated rings. The first-order valence-electron chi connectivity index (χ1n) is 8.88. The number of aromatic nitrogens is 5. The van der Waals surface area contributed by atoms with Gasteiger partial charge in [0.15, 0.2) is 5.82 Å². The SMILES string of the molecule is CCc1nc2n(n1)C[C@H](N[C@@H](C)C(=O)Nc1c(C)nn(C)c1C)CC2. The largest absolute Gasteiger partial charge is 0.322 e. The predicted octanol–water partition coefficient (Wildman–Crippen LogP) is 1.12. The fourth-order valence-electron chi connectivity index (χ4n) is 3.26. The van der Waals surface area contributed by atoms with Gasteiger partial charge in [0.1, 0.15) is 5.82 Å². The van der Waals surface area contributed by atoms with E-state index in [1.54, 1.807) is 4.68 Å². The molecule has 1 aliphatic rings. The van der Waals surface area contributed by atoms with Gasteiger partial charge in [-0.15, -0.1) is 0 Å². The molecule has 136 valence electrons. The van der Waals surface area contributed by atoms with E-state index in [1.807, 2.05) is 32.5 Å². The number of amides is 1. The molecular weight excluding hydrogens is 318 g/mol. The van der Waals surface area contributed by atoms with Crippen LogP contribution in [0.2, 0.25) is 0 Å². The maximum atomic E-state index is 12.6. The van der Waals surface area contributed by atoms with Crippen molar-refractivity contribution in [3.63, 3.8) is 0 Å². The first-order chi connectivity index (χ1) is 11.9. The van der Waals surface area contributed by atoms with Gasteiger partial charge in [-0.25, -0.2) is 9.67 Å². The summed E-state index contributed by atoms with van der Waals surface area (Å²) in [6.45, 7) is 8.56. The van der Waals surface area contributed by atoms with Gasteiger partial charge in [0, 0.05) is 25.9 Å². The Hall–Kier alpha value is -2.22. The Kier molecular flexibility index (Phi) is 4.89. The quantitative estimate of drug-likeness (QED) is 0.848. The minimum absolute atomic E-state index is 0.0437. The Morgan fingerprint density at radius 2 is 2.12 bits per heavy atom. The van der Waals surface area contributed by atoms with Crippen molar-refractivity contribution in [3.8, 4) is 0 Å². The van der Waals surface area contributed by atoms with Crippen molar-refractivity contribution in [2.24, 2.45) is 7.05 Å². The summed E-state index contributed by atoms with van der Waals surface area (Å²) < 4.78 is 3.75. The zero-order chi connectivity index (χ0) is 18.1. The van der Waals surface area contributed by atoms with Gasteiger partial charge in [0.25, 0.3) is 0 Å². The second kappa shape index (κ2) is 6.95. The fraction of sp³-hybridized carbons (Fsp3) is 0.647. The molecule has 8 heteroatoms. The van der Waals surface area contributed by atoms with Crippen LogP contribution in [0.5, 0.6) is 0 Å². The van der Waals surface area contributed by atoms with Gasteiger partial charge in [-0.2, -0.15) is 10.2 Å². The van der Waals surface area contributed by atoms with Gasteiger partial charge in [-0.05, 0) is 27.2 Å². The van der Waals surface area contributed by atoms with Crippen molar-refractivity contribution in [1.82, 2.24) is 29.9 Å². The van der Waals surface area contributed by atoms with E-state index in [0.717, 1.165) is 54.5 Å². The molecule has 25 heavy (non-hydrogen) atoms. The summed E-state index contributed by atoms with van der Waals surface area (Å²) in [6.07, 6.45) is 2.70. The Bertz CT molecular complexity index is 776. The molecule has 0 aromatic carbocycles. The lowest BCUT2D eigenvalue weighted by Crippen LogP contribution is -2.47. The Morgan fingerprint density at radius 3 is 2.76 bits per heavy atom. The summed E-state index contributed by atoms with van der Waals surface area (Å²) in [5.74, 6) is 1.90. The van der Waals surface area contributed by atoms with E-state index < -0.39 is 0 Å². The maximum absolute atomic E-state index is 12.6. The van der Waals surface area contributed by atoms with Gasteiger partial charge in [-0.3, -0.25) is 9.48 Å². The van der Waals surface area contributed by atoms with Crippen LogP contribution in [0.3, 0.4) is 0 Å². The number of nitrogens with one attached hydrogen (secondary N) is 2. The van der Waals surface area contributed by atoms with Crippen molar-refractivity contribution in [2.45, 2.75) is 65.6 Å². The van der Waals surface area contributed by atoms with Gasteiger partial charge in [0.2, 0.25) is 5.91 Å². The van der Waals surface area contributed by atoms with Crippen LogP contribution in [0.25, 0.3) is 0 Å². The lowest BCUT2D eigenvalue weighted by molar-refractivity contribution is -0.118. The summed E-state index contributed by atoms with van der Waals surface area (Å²) in [6, 6.07) is -0.0736. The molecule has 8 nitrogen and oxygen atoms in total. The van der Waals surface area contributed by atoms with Crippen molar-refractivity contribution in [3.05, 3.63) is 23.0 Å². The Labute approximate surface area is 148 Å². The highest BCUT2D eigenvalue weighted by molar-refractivity contribution is 5.95. The number of nitrogens with zero attached hydrogens (tertiary/aromatic N) is 5. The van der Waals surface area contributed by atoms with Crippen LogP contribution in [0.4, 0.5) is 5.69 Å². The molecular formula is C17H27N7O. The van der Waals surface area contributed by atoms with Crippen LogP contribution in [0.1, 0.15) is 43.3 Å². The fourth-order valence-corrected chi connectivity index (χ4v) is 3.26. The molecule has 0 saturated carbocycles. The van der Waals surface area contributed by atoms with E-state index in [9.17, 15) is 4.79 Å². The molecule has 3 rings (SSSR count). The number of carbonyl (C=O) groups is 1. The minimum Gasteiger partial charge on any atom is -0.322 e. The number of hydrogen-bond acceptors (Lipinski definition) is 5.